The predicted octanol–water partition coefficient (Wildman–Crippen LogP) is 3.79. The van der Waals surface area contributed by atoms with Gasteiger partial charge in [0.25, 0.3) is 5.91 Å². The van der Waals surface area contributed by atoms with E-state index in [0.717, 1.165) is 31.7 Å². The van der Waals surface area contributed by atoms with Crippen molar-refractivity contribution in [2.75, 3.05) is 29.9 Å². The van der Waals surface area contributed by atoms with Gasteiger partial charge in [0.15, 0.2) is 6.61 Å². The summed E-state index contributed by atoms with van der Waals surface area (Å²) in [7, 11) is 0. The Morgan fingerprint density at radius 1 is 1.16 bits per heavy atom. The van der Waals surface area contributed by atoms with E-state index in [1.807, 2.05) is 0 Å². The summed E-state index contributed by atoms with van der Waals surface area (Å²) in [5.41, 5.74) is 0. The van der Waals surface area contributed by atoms with Crippen LogP contribution in [0.1, 0.15) is 19.3 Å². The lowest BCUT2D eigenvalue weighted by Crippen LogP contribution is -2.30. The van der Waals surface area contributed by atoms with Gasteiger partial charge in [-0.05, 0) is 37.5 Å². The lowest BCUT2D eigenvalue weighted by atomic mass is 10.1. The maximum atomic E-state index is 12.1. The summed E-state index contributed by atoms with van der Waals surface area (Å²) in [5.74, 6) is 1.35. The minimum atomic E-state index is -0.325. The van der Waals surface area contributed by atoms with Crippen molar-refractivity contribution in [2.24, 2.45) is 0 Å². The molecule has 6 nitrogen and oxygen atoms in total. The lowest BCUT2D eigenvalue weighted by molar-refractivity contribution is -0.118. The maximum Gasteiger partial charge on any atom is 0.263 e. The lowest BCUT2D eigenvalue weighted by Gasteiger charge is -2.27. The van der Waals surface area contributed by atoms with Crippen molar-refractivity contribution in [3.05, 3.63) is 40.6 Å². The molecule has 3 rings (SSSR count). The molecule has 0 saturated carbocycles. The molecule has 0 atom stereocenters. The number of hydrogen-bond donors (Lipinski definition) is 1. The zero-order chi connectivity index (χ0) is 17.6. The fraction of sp³-hybridized carbons (Fsp3) is 0.353. The van der Waals surface area contributed by atoms with Crippen LogP contribution in [0.25, 0.3) is 0 Å². The molecule has 0 bridgehead atoms. The second-order valence-electron chi connectivity index (χ2n) is 5.72. The largest absolute Gasteiger partial charge is 0.482 e. The summed E-state index contributed by atoms with van der Waals surface area (Å²) in [6.07, 6.45) is 5.01. The first-order valence-corrected chi connectivity index (χ1v) is 8.82. The van der Waals surface area contributed by atoms with Crippen molar-refractivity contribution >= 4 is 40.7 Å². The monoisotopic (exact) mass is 380 g/mol. The first-order valence-electron chi connectivity index (χ1n) is 8.06. The summed E-state index contributed by atoms with van der Waals surface area (Å²) >= 11 is 11.8. The number of anilines is 2. The SMILES string of the molecule is O=C(COc1ccc(Cl)cc1Cl)Nc1cc(N2CCCCC2)ncn1. The van der Waals surface area contributed by atoms with Crippen LogP contribution in [-0.4, -0.2) is 35.6 Å². The summed E-state index contributed by atoms with van der Waals surface area (Å²) in [6, 6.07) is 6.61. The van der Waals surface area contributed by atoms with Gasteiger partial charge in [0.1, 0.15) is 23.7 Å². The van der Waals surface area contributed by atoms with Crippen LogP contribution < -0.4 is 15.0 Å². The van der Waals surface area contributed by atoms with Gasteiger partial charge < -0.3 is 15.0 Å². The minimum absolute atomic E-state index is 0.176. The van der Waals surface area contributed by atoms with Crippen molar-refractivity contribution in [3.8, 4) is 5.75 Å². The quantitative estimate of drug-likeness (QED) is 0.854. The van der Waals surface area contributed by atoms with Gasteiger partial charge in [-0.1, -0.05) is 23.2 Å². The van der Waals surface area contributed by atoms with Crippen LogP contribution in [0, 0.1) is 0 Å². The normalized spacial score (nSPS) is 14.2. The topological polar surface area (TPSA) is 67.3 Å². The molecule has 8 heteroatoms. The van der Waals surface area contributed by atoms with Crippen LogP contribution in [0.15, 0.2) is 30.6 Å². The number of amides is 1. The first kappa shape index (κ1) is 17.8. The van der Waals surface area contributed by atoms with Gasteiger partial charge >= 0.3 is 0 Å². The molecule has 2 aromatic rings. The standard InChI is InChI=1S/C17H18Cl2N4O2/c18-12-4-5-14(13(19)8-12)25-10-17(24)22-15-9-16(21-11-20-15)23-6-2-1-3-7-23/h4-5,8-9,11H,1-3,6-7,10H2,(H,20,21,22,24). The van der Waals surface area contributed by atoms with E-state index in [4.69, 9.17) is 27.9 Å². The summed E-state index contributed by atoms with van der Waals surface area (Å²) in [6.45, 7) is 1.77. The number of halogens is 2. The van der Waals surface area contributed by atoms with Crippen LogP contribution in [0.2, 0.25) is 10.0 Å². The van der Waals surface area contributed by atoms with E-state index < -0.39 is 0 Å². The summed E-state index contributed by atoms with van der Waals surface area (Å²) in [4.78, 5) is 22.6. The van der Waals surface area contributed by atoms with Gasteiger partial charge in [0, 0.05) is 24.2 Å². The van der Waals surface area contributed by atoms with Crippen LogP contribution in [0.3, 0.4) is 0 Å². The van der Waals surface area contributed by atoms with Crippen molar-refractivity contribution in [1.29, 1.82) is 0 Å². The molecule has 1 aliphatic heterocycles. The molecule has 0 unspecified atom stereocenters. The smallest absolute Gasteiger partial charge is 0.263 e. The zero-order valence-corrected chi connectivity index (χ0v) is 15.1. The molecule has 0 aliphatic carbocycles. The Hall–Kier alpha value is -2.05. The Morgan fingerprint density at radius 2 is 1.96 bits per heavy atom. The van der Waals surface area contributed by atoms with E-state index in [9.17, 15) is 4.79 Å². The van der Waals surface area contributed by atoms with Gasteiger partial charge in [-0.25, -0.2) is 9.97 Å². The molecule has 1 aromatic carbocycles. The van der Waals surface area contributed by atoms with E-state index in [1.54, 1.807) is 24.3 Å². The van der Waals surface area contributed by atoms with E-state index in [-0.39, 0.29) is 12.5 Å². The number of piperidine rings is 1. The van der Waals surface area contributed by atoms with Crippen molar-refractivity contribution in [3.63, 3.8) is 0 Å². The van der Waals surface area contributed by atoms with Gasteiger partial charge in [-0.15, -0.1) is 0 Å². The highest BCUT2D eigenvalue weighted by Crippen LogP contribution is 2.27. The number of benzene rings is 1. The number of nitrogens with zero attached hydrogens (tertiary/aromatic N) is 3. The number of rotatable bonds is 5. The molecule has 1 saturated heterocycles. The van der Waals surface area contributed by atoms with E-state index in [1.165, 1.54) is 12.7 Å². The molecule has 0 spiro atoms. The Labute approximate surface area is 156 Å². The Bertz CT molecular complexity index is 751. The van der Waals surface area contributed by atoms with E-state index in [2.05, 4.69) is 20.2 Å². The van der Waals surface area contributed by atoms with Crippen LogP contribution in [-0.2, 0) is 4.79 Å². The maximum absolute atomic E-state index is 12.1. The third-order valence-electron chi connectivity index (χ3n) is 3.85. The highest BCUT2D eigenvalue weighted by molar-refractivity contribution is 6.35. The average Bonchev–Trinajstić information content (AvgIpc) is 2.62. The number of aromatic nitrogens is 2. The summed E-state index contributed by atoms with van der Waals surface area (Å²) < 4.78 is 5.42. The molecule has 2 heterocycles. The summed E-state index contributed by atoms with van der Waals surface area (Å²) in [5, 5.41) is 3.58. The molecule has 1 aromatic heterocycles. The van der Waals surface area contributed by atoms with Crippen molar-refractivity contribution in [1.82, 2.24) is 9.97 Å². The molecular formula is C17H18Cl2N4O2. The van der Waals surface area contributed by atoms with Crippen LogP contribution in [0.4, 0.5) is 11.6 Å². The number of ether oxygens (including phenoxy) is 1. The molecule has 1 fully saturated rings. The Morgan fingerprint density at radius 3 is 2.72 bits per heavy atom. The second kappa shape index (κ2) is 8.36. The molecule has 25 heavy (non-hydrogen) atoms. The fourth-order valence-electron chi connectivity index (χ4n) is 2.63. The molecule has 1 amide bonds. The second-order valence-corrected chi connectivity index (χ2v) is 6.56. The van der Waals surface area contributed by atoms with Gasteiger partial charge in [-0.2, -0.15) is 0 Å². The molecule has 1 aliphatic rings. The van der Waals surface area contributed by atoms with Crippen LogP contribution in [0.5, 0.6) is 5.75 Å². The predicted molar refractivity (Wildman–Crippen MR) is 98.7 cm³/mol. The van der Waals surface area contributed by atoms with Crippen LogP contribution >= 0.6 is 23.2 Å². The molecular weight excluding hydrogens is 363 g/mol. The fourth-order valence-corrected chi connectivity index (χ4v) is 3.09. The van der Waals surface area contributed by atoms with E-state index in [0.29, 0.717) is 21.6 Å². The highest BCUT2D eigenvalue weighted by atomic mass is 35.5. The highest BCUT2D eigenvalue weighted by Gasteiger charge is 2.14. The van der Waals surface area contributed by atoms with Crippen molar-refractivity contribution in [2.45, 2.75) is 19.3 Å². The third-order valence-corrected chi connectivity index (χ3v) is 4.38. The minimum Gasteiger partial charge on any atom is -0.482 e. The first-order chi connectivity index (χ1) is 12.1. The van der Waals surface area contributed by atoms with Gasteiger partial charge in [-0.3, -0.25) is 4.79 Å². The molecule has 132 valence electrons. The van der Waals surface area contributed by atoms with Crippen molar-refractivity contribution < 1.29 is 9.53 Å². The Kier molecular flexibility index (Phi) is 5.94. The van der Waals surface area contributed by atoms with Gasteiger partial charge in [0.2, 0.25) is 0 Å². The number of hydrogen-bond acceptors (Lipinski definition) is 5. The van der Waals surface area contributed by atoms with Gasteiger partial charge in [0.05, 0.1) is 5.02 Å². The number of carbonyl (C=O) groups excluding carboxylic acids is 1. The van der Waals surface area contributed by atoms with E-state index >= 15 is 0 Å². The number of nitrogens with one attached hydrogen (secondary N) is 1. The zero-order valence-electron chi connectivity index (χ0n) is 13.5. The number of carbonyl (C=O) groups is 1. The average molecular weight is 381 g/mol. The molecule has 1 N–H and O–H groups in total. The Balaban J connectivity index is 1.57. The molecule has 0 radical (unpaired) electrons. The third kappa shape index (κ3) is 4.96.